The fraction of sp³-hybridized carbons (Fsp3) is 0.381. The van der Waals surface area contributed by atoms with E-state index < -0.39 is 0 Å². The first-order valence-corrected chi connectivity index (χ1v) is 10.3. The van der Waals surface area contributed by atoms with Crippen molar-refractivity contribution in [3.63, 3.8) is 0 Å². The SMILES string of the molecule is CCCCc1c(C)[nH]n(-c2nc(C)c(C(=O)Nc3cccc(C)c3C)s2)c1=O. The maximum atomic E-state index is 12.8. The maximum Gasteiger partial charge on any atom is 0.276 e. The topological polar surface area (TPSA) is 79.8 Å². The molecule has 0 atom stereocenters. The number of hydrogen-bond donors (Lipinski definition) is 2. The smallest absolute Gasteiger partial charge is 0.276 e. The van der Waals surface area contributed by atoms with E-state index >= 15 is 0 Å². The second kappa shape index (κ2) is 8.14. The van der Waals surface area contributed by atoms with Gasteiger partial charge in [-0.2, -0.15) is 4.68 Å². The summed E-state index contributed by atoms with van der Waals surface area (Å²) in [6.07, 6.45) is 2.74. The van der Waals surface area contributed by atoms with Gasteiger partial charge < -0.3 is 5.32 Å². The molecule has 0 bridgehead atoms. The maximum absolute atomic E-state index is 12.8. The summed E-state index contributed by atoms with van der Waals surface area (Å²) < 4.78 is 1.45. The number of aromatic amines is 1. The van der Waals surface area contributed by atoms with Crippen LogP contribution >= 0.6 is 11.3 Å². The van der Waals surface area contributed by atoms with Crippen LogP contribution in [0.15, 0.2) is 23.0 Å². The lowest BCUT2D eigenvalue weighted by Gasteiger charge is -2.09. The van der Waals surface area contributed by atoms with Crippen molar-refractivity contribution in [3.8, 4) is 5.13 Å². The number of thiazole rings is 1. The number of hydrogen-bond acceptors (Lipinski definition) is 4. The lowest BCUT2D eigenvalue weighted by atomic mass is 10.1. The quantitative estimate of drug-likeness (QED) is 0.644. The summed E-state index contributed by atoms with van der Waals surface area (Å²) in [6, 6.07) is 5.81. The molecule has 2 heterocycles. The first kappa shape index (κ1) is 20.1. The second-order valence-electron chi connectivity index (χ2n) is 7.07. The summed E-state index contributed by atoms with van der Waals surface area (Å²) in [5.74, 6) is -0.211. The van der Waals surface area contributed by atoms with E-state index in [1.54, 1.807) is 6.92 Å². The highest BCUT2D eigenvalue weighted by Crippen LogP contribution is 2.24. The lowest BCUT2D eigenvalue weighted by Crippen LogP contribution is -2.17. The highest BCUT2D eigenvalue weighted by molar-refractivity contribution is 7.16. The first-order chi connectivity index (χ1) is 13.3. The van der Waals surface area contributed by atoms with E-state index in [1.165, 1.54) is 16.0 Å². The minimum atomic E-state index is -0.211. The van der Waals surface area contributed by atoms with Crippen molar-refractivity contribution in [2.24, 2.45) is 0 Å². The average molecular weight is 399 g/mol. The number of carbonyl (C=O) groups excluding carboxylic acids is 1. The Morgan fingerprint density at radius 2 is 2.00 bits per heavy atom. The Kier molecular flexibility index (Phi) is 5.84. The van der Waals surface area contributed by atoms with Gasteiger partial charge >= 0.3 is 0 Å². The molecule has 0 aliphatic carbocycles. The largest absolute Gasteiger partial charge is 0.321 e. The molecule has 1 aromatic carbocycles. The Balaban J connectivity index is 1.90. The van der Waals surface area contributed by atoms with Gasteiger partial charge in [-0.25, -0.2) is 4.98 Å². The predicted molar refractivity (Wildman–Crippen MR) is 114 cm³/mol. The lowest BCUT2D eigenvalue weighted by molar-refractivity contribution is 0.102. The molecule has 0 fully saturated rings. The number of nitrogens with one attached hydrogen (secondary N) is 2. The number of carbonyl (C=O) groups is 1. The molecule has 0 saturated heterocycles. The van der Waals surface area contributed by atoms with Crippen LogP contribution in [0, 0.1) is 27.7 Å². The Labute approximate surface area is 168 Å². The van der Waals surface area contributed by atoms with Crippen LogP contribution in [-0.4, -0.2) is 20.7 Å². The third-order valence-electron chi connectivity index (χ3n) is 5.01. The van der Waals surface area contributed by atoms with Gasteiger partial charge in [-0.05, 0) is 57.7 Å². The fourth-order valence-corrected chi connectivity index (χ4v) is 4.04. The van der Waals surface area contributed by atoms with Crippen LogP contribution in [0.4, 0.5) is 5.69 Å². The number of anilines is 1. The third kappa shape index (κ3) is 3.80. The molecule has 0 aliphatic heterocycles. The van der Waals surface area contributed by atoms with Crippen LogP contribution in [0.1, 0.15) is 57.5 Å². The molecular formula is C21H26N4O2S. The van der Waals surface area contributed by atoms with Gasteiger partial charge in [-0.1, -0.05) is 36.8 Å². The Hall–Kier alpha value is -2.67. The van der Waals surface area contributed by atoms with Crippen molar-refractivity contribution in [2.45, 2.75) is 53.9 Å². The van der Waals surface area contributed by atoms with E-state index in [0.29, 0.717) is 15.7 Å². The number of rotatable bonds is 6. The van der Waals surface area contributed by atoms with Crippen molar-refractivity contribution >= 4 is 22.9 Å². The van der Waals surface area contributed by atoms with Crippen LogP contribution in [-0.2, 0) is 6.42 Å². The van der Waals surface area contributed by atoms with E-state index in [2.05, 4.69) is 22.3 Å². The van der Waals surface area contributed by atoms with Gasteiger partial charge in [0, 0.05) is 16.9 Å². The van der Waals surface area contributed by atoms with Crippen molar-refractivity contribution < 1.29 is 4.79 Å². The molecule has 2 N–H and O–H groups in total. The van der Waals surface area contributed by atoms with Gasteiger partial charge in [0.25, 0.3) is 11.5 Å². The van der Waals surface area contributed by atoms with E-state index in [4.69, 9.17) is 0 Å². The van der Waals surface area contributed by atoms with Gasteiger partial charge in [-0.15, -0.1) is 0 Å². The molecule has 0 aliphatic rings. The van der Waals surface area contributed by atoms with Crippen molar-refractivity contribution in [1.82, 2.24) is 14.8 Å². The zero-order valence-corrected chi connectivity index (χ0v) is 17.8. The van der Waals surface area contributed by atoms with E-state index in [0.717, 1.165) is 47.3 Å². The minimum absolute atomic E-state index is 0.0822. The molecule has 3 rings (SSSR count). The van der Waals surface area contributed by atoms with Crippen LogP contribution in [0.25, 0.3) is 5.13 Å². The fourth-order valence-electron chi connectivity index (χ4n) is 3.12. The number of amides is 1. The van der Waals surface area contributed by atoms with E-state index in [9.17, 15) is 9.59 Å². The highest BCUT2D eigenvalue weighted by atomic mass is 32.1. The van der Waals surface area contributed by atoms with Gasteiger partial charge in [0.2, 0.25) is 5.13 Å². The molecule has 0 spiro atoms. The molecule has 148 valence electrons. The Morgan fingerprint density at radius 1 is 1.25 bits per heavy atom. The summed E-state index contributed by atoms with van der Waals surface area (Å²) in [5.41, 5.74) is 5.11. The third-order valence-corrected chi connectivity index (χ3v) is 6.15. The number of unbranched alkanes of at least 4 members (excludes halogenated alkanes) is 1. The number of nitrogens with zero attached hydrogens (tertiary/aromatic N) is 2. The summed E-state index contributed by atoms with van der Waals surface area (Å²) in [5, 5.41) is 6.56. The molecular weight excluding hydrogens is 372 g/mol. The molecule has 3 aromatic rings. The number of aryl methyl sites for hydroxylation is 3. The van der Waals surface area contributed by atoms with E-state index in [-0.39, 0.29) is 11.5 Å². The molecule has 28 heavy (non-hydrogen) atoms. The van der Waals surface area contributed by atoms with Gasteiger partial charge in [0.1, 0.15) is 4.88 Å². The molecule has 7 heteroatoms. The molecule has 1 amide bonds. The zero-order valence-electron chi connectivity index (χ0n) is 17.0. The normalized spacial score (nSPS) is 11.0. The monoisotopic (exact) mass is 398 g/mol. The van der Waals surface area contributed by atoms with Gasteiger partial charge in [0.05, 0.1) is 5.69 Å². The first-order valence-electron chi connectivity index (χ1n) is 9.49. The Morgan fingerprint density at radius 3 is 2.71 bits per heavy atom. The van der Waals surface area contributed by atoms with Crippen LogP contribution < -0.4 is 10.9 Å². The summed E-state index contributed by atoms with van der Waals surface area (Å²) in [7, 11) is 0. The predicted octanol–water partition coefficient (Wildman–Crippen LogP) is 4.45. The molecule has 0 saturated carbocycles. The van der Waals surface area contributed by atoms with Gasteiger partial charge in [0.15, 0.2) is 0 Å². The molecule has 0 radical (unpaired) electrons. The number of H-pyrrole nitrogens is 1. The second-order valence-corrected chi connectivity index (χ2v) is 8.05. The summed E-state index contributed by atoms with van der Waals surface area (Å²) >= 11 is 1.22. The summed E-state index contributed by atoms with van der Waals surface area (Å²) in [4.78, 5) is 30.5. The number of benzene rings is 1. The molecule has 0 unspecified atom stereocenters. The van der Waals surface area contributed by atoms with Gasteiger partial charge in [-0.3, -0.25) is 14.7 Å². The van der Waals surface area contributed by atoms with Crippen molar-refractivity contribution in [2.75, 3.05) is 5.32 Å². The minimum Gasteiger partial charge on any atom is -0.321 e. The standard InChI is InChI=1S/C21H26N4O2S/c1-6-7-10-16-14(4)24-25(20(16)27)21-22-15(5)18(28-21)19(26)23-17-11-8-9-12(2)13(17)3/h8-9,11,24H,6-7,10H2,1-5H3,(H,23,26). The van der Waals surface area contributed by atoms with E-state index in [1.807, 2.05) is 39.0 Å². The van der Waals surface area contributed by atoms with Crippen LogP contribution in [0.2, 0.25) is 0 Å². The van der Waals surface area contributed by atoms with Crippen molar-refractivity contribution in [3.05, 3.63) is 61.5 Å². The molecule has 6 nitrogen and oxygen atoms in total. The molecule has 2 aromatic heterocycles. The summed E-state index contributed by atoms with van der Waals surface area (Å²) in [6.45, 7) is 9.78. The Bertz CT molecular complexity index is 1070. The zero-order chi connectivity index (χ0) is 20.4. The van der Waals surface area contributed by atoms with Crippen LogP contribution in [0.3, 0.4) is 0 Å². The average Bonchev–Trinajstić information content (AvgIpc) is 3.17. The van der Waals surface area contributed by atoms with Crippen LogP contribution in [0.5, 0.6) is 0 Å². The van der Waals surface area contributed by atoms with Crippen molar-refractivity contribution in [1.29, 1.82) is 0 Å². The number of aromatic nitrogens is 3. The highest BCUT2D eigenvalue weighted by Gasteiger charge is 2.20.